The van der Waals surface area contributed by atoms with Gasteiger partial charge in [-0.3, -0.25) is 0 Å². The van der Waals surface area contributed by atoms with E-state index in [0.717, 1.165) is 30.6 Å². The van der Waals surface area contributed by atoms with Crippen molar-refractivity contribution in [3.05, 3.63) is 36.4 Å². The molecular formula is C12H18N2O. The molecule has 1 aromatic rings. The zero-order chi connectivity index (χ0) is 11.1. The number of allylic oxidation sites excluding steroid dienone is 1. The minimum atomic E-state index is 0.313. The molecule has 3 nitrogen and oxygen atoms in total. The Morgan fingerprint density at radius 1 is 1.47 bits per heavy atom. The average molecular weight is 206 g/mol. The number of unbranched alkanes of at least 4 members (excludes halogenated alkanes) is 1. The van der Waals surface area contributed by atoms with Crippen LogP contribution in [-0.2, 0) is 0 Å². The number of hydrazine groups is 1. The van der Waals surface area contributed by atoms with Crippen molar-refractivity contribution in [2.45, 2.75) is 19.8 Å². The van der Waals surface area contributed by atoms with E-state index in [-0.39, 0.29) is 0 Å². The predicted octanol–water partition coefficient (Wildman–Crippen LogP) is 2.58. The van der Waals surface area contributed by atoms with Gasteiger partial charge in [0.2, 0.25) is 0 Å². The van der Waals surface area contributed by atoms with Crippen molar-refractivity contribution in [1.29, 1.82) is 0 Å². The Bertz CT molecular complexity index is 323. The highest BCUT2D eigenvalue weighted by atomic mass is 16.3. The molecule has 0 radical (unpaired) electrons. The number of nitrogens with one attached hydrogen (secondary N) is 2. The van der Waals surface area contributed by atoms with Gasteiger partial charge in [-0.05, 0) is 31.4 Å². The Hall–Kier alpha value is -1.48. The van der Waals surface area contributed by atoms with Gasteiger partial charge < -0.3 is 10.5 Å². The van der Waals surface area contributed by atoms with Gasteiger partial charge in [0.15, 0.2) is 0 Å². The van der Waals surface area contributed by atoms with Crippen LogP contribution < -0.4 is 10.9 Å². The van der Waals surface area contributed by atoms with Crippen molar-refractivity contribution < 1.29 is 5.11 Å². The smallest absolute Gasteiger partial charge is 0.120 e. The summed E-state index contributed by atoms with van der Waals surface area (Å²) < 4.78 is 0. The van der Waals surface area contributed by atoms with Crippen LogP contribution in [0, 0.1) is 6.92 Å². The summed E-state index contributed by atoms with van der Waals surface area (Å²) in [5.74, 6) is 0.313. The van der Waals surface area contributed by atoms with Gasteiger partial charge in [0.05, 0.1) is 5.69 Å². The lowest BCUT2D eigenvalue weighted by atomic mass is 10.2. The van der Waals surface area contributed by atoms with Crippen LogP contribution in [0.1, 0.15) is 18.4 Å². The fourth-order valence-electron chi connectivity index (χ4n) is 1.19. The van der Waals surface area contributed by atoms with Crippen LogP contribution in [0.15, 0.2) is 30.9 Å². The molecule has 0 heterocycles. The van der Waals surface area contributed by atoms with E-state index in [1.165, 1.54) is 0 Å². The summed E-state index contributed by atoms with van der Waals surface area (Å²) in [6.07, 6.45) is 3.96. The first kappa shape index (κ1) is 11.6. The van der Waals surface area contributed by atoms with E-state index in [9.17, 15) is 5.11 Å². The molecule has 0 bridgehead atoms. The van der Waals surface area contributed by atoms with Gasteiger partial charge in [-0.15, -0.1) is 6.58 Å². The second kappa shape index (κ2) is 6.09. The Morgan fingerprint density at radius 3 is 2.93 bits per heavy atom. The van der Waals surface area contributed by atoms with Gasteiger partial charge in [-0.2, -0.15) is 0 Å². The maximum absolute atomic E-state index is 9.46. The largest absolute Gasteiger partial charge is 0.508 e. The molecule has 0 aliphatic heterocycles. The number of phenols is 1. The molecule has 0 spiro atoms. The van der Waals surface area contributed by atoms with Gasteiger partial charge in [-0.1, -0.05) is 12.1 Å². The lowest BCUT2D eigenvalue weighted by molar-refractivity contribution is 0.471. The Kier molecular flexibility index (Phi) is 4.71. The topological polar surface area (TPSA) is 44.3 Å². The van der Waals surface area contributed by atoms with E-state index in [1.807, 2.05) is 25.1 Å². The third kappa shape index (κ3) is 4.04. The third-order valence-corrected chi connectivity index (χ3v) is 2.15. The highest BCUT2D eigenvalue weighted by Gasteiger charge is 1.96. The van der Waals surface area contributed by atoms with E-state index >= 15 is 0 Å². The standard InChI is InChI=1S/C12H18N2O/c1-3-4-5-8-13-14-11-7-6-10(2)12(15)9-11/h3,6-7,9,13-15H,1,4-5,8H2,2H3. The lowest BCUT2D eigenvalue weighted by Crippen LogP contribution is -2.22. The fraction of sp³-hybridized carbons (Fsp3) is 0.333. The first-order valence-electron chi connectivity index (χ1n) is 5.13. The molecule has 0 fully saturated rings. The molecule has 1 aromatic carbocycles. The van der Waals surface area contributed by atoms with Gasteiger partial charge in [0.1, 0.15) is 5.75 Å². The summed E-state index contributed by atoms with van der Waals surface area (Å²) >= 11 is 0. The number of hydrogen-bond acceptors (Lipinski definition) is 3. The monoisotopic (exact) mass is 206 g/mol. The fourth-order valence-corrected chi connectivity index (χ4v) is 1.19. The van der Waals surface area contributed by atoms with Crippen LogP contribution in [0.25, 0.3) is 0 Å². The zero-order valence-corrected chi connectivity index (χ0v) is 9.09. The van der Waals surface area contributed by atoms with Crippen molar-refractivity contribution in [2.75, 3.05) is 12.0 Å². The number of aromatic hydroxyl groups is 1. The Morgan fingerprint density at radius 2 is 2.27 bits per heavy atom. The summed E-state index contributed by atoms with van der Waals surface area (Å²) in [5.41, 5.74) is 7.86. The number of anilines is 1. The van der Waals surface area contributed by atoms with Gasteiger partial charge >= 0.3 is 0 Å². The molecule has 0 aliphatic rings. The van der Waals surface area contributed by atoms with Crippen molar-refractivity contribution in [1.82, 2.24) is 5.43 Å². The predicted molar refractivity (Wildman–Crippen MR) is 63.9 cm³/mol. The SMILES string of the molecule is C=CCCCNNc1ccc(C)c(O)c1. The van der Waals surface area contributed by atoms with E-state index < -0.39 is 0 Å². The number of hydrogen-bond donors (Lipinski definition) is 3. The molecule has 0 aliphatic carbocycles. The van der Waals surface area contributed by atoms with E-state index in [0.29, 0.717) is 5.75 Å². The first-order chi connectivity index (χ1) is 7.24. The zero-order valence-electron chi connectivity index (χ0n) is 9.09. The molecule has 0 saturated carbocycles. The van der Waals surface area contributed by atoms with Crippen LogP contribution in [0.3, 0.4) is 0 Å². The molecule has 0 amide bonds. The number of rotatable bonds is 6. The summed E-state index contributed by atoms with van der Waals surface area (Å²) in [7, 11) is 0. The summed E-state index contributed by atoms with van der Waals surface area (Å²) in [4.78, 5) is 0. The second-order valence-electron chi connectivity index (χ2n) is 3.48. The maximum Gasteiger partial charge on any atom is 0.120 e. The minimum absolute atomic E-state index is 0.313. The molecule has 0 aromatic heterocycles. The van der Waals surface area contributed by atoms with Crippen molar-refractivity contribution in [3.8, 4) is 5.75 Å². The van der Waals surface area contributed by atoms with Crippen molar-refractivity contribution in [3.63, 3.8) is 0 Å². The van der Waals surface area contributed by atoms with Crippen molar-refractivity contribution in [2.24, 2.45) is 0 Å². The molecule has 0 unspecified atom stereocenters. The van der Waals surface area contributed by atoms with E-state index in [2.05, 4.69) is 17.4 Å². The van der Waals surface area contributed by atoms with Crippen LogP contribution >= 0.6 is 0 Å². The van der Waals surface area contributed by atoms with Crippen LogP contribution in [0.2, 0.25) is 0 Å². The Balaban J connectivity index is 2.31. The molecule has 0 atom stereocenters. The molecule has 3 N–H and O–H groups in total. The Labute approximate surface area is 90.8 Å². The van der Waals surface area contributed by atoms with Crippen LogP contribution in [0.4, 0.5) is 5.69 Å². The number of aryl methyl sites for hydroxylation is 1. The lowest BCUT2D eigenvalue weighted by Gasteiger charge is -2.08. The minimum Gasteiger partial charge on any atom is -0.508 e. The average Bonchev–Trinajstić information content (AvgIpc) is 2.23. The summed E-state index contributed by atoms with van der Waals surface area (Å²) in [6, 6.07) is 5.51. The molecule has 1 rings (SSSR count). The molecule has 0 saturated heterocycles. The van der Waals surface area contributed by atoms with Crippen molar-refractivity contribution >= 4 is 5.69 Å². The molecule has 15 heavy (non-hydrogen) atoms. The normalized spacial score (nSPS) is 9.93. The van der Waals surface area contributed by atoms with Gasteiger partial charge in [-0.25, -0.2) is 5.43 Å². The molecule has 82 valence electrons. The first-order valence-corrected chi connectivity index (χ1v) is 5.13. The molecule has 3 heteroatoms. The van der Waals surface area contributed by atoms with E-state index in [1.54, 1.807) is 6.07 Å². The molecular weight excluding hydrogens is 188 g/mol. The highest BCUT2D eigenvalue weighted by molar-refractivity contribution is 5.50. The number of phenolic OH excluding ortho intramolecular Hbond substituents is 1. The third-order valence-electron chi connectivity index (χ3n) is 2.15. The summed E-state index contributed by atoms with van der Waals surface area (Å²) in [6.45, 7) is 6.40. The van der Waals surface area contributed by atoms with E-state index in [4.69, 9.17) is 0 Å². The van der Waals surface area contributed by atoms with Crippen LogP contribution in [0.5, 0.6) is 5.75 Å². The highest BCUT2D eigenvalue weighted by Crippen LogP contribution is 2.19. The summed E-state index contributed by atoms with van der Waals surface area (Å²) in [5, 5.41) is 9.46. The van der Waals surface area contributed by atoms with Gasteiger partial charge in [0, 0.05) is 12.6 Å². The number of benzene rings is 1. The quantitative estimate of drug-likeness (QED) is 0.381. The second-order valence-corrected chi connectivity index (χ2v) is 3.48. The van der Waals surface area contributed by atoms with Crippen LogP contribution in [-0.4, -0.2) is 11.7 Å². The van der Waals surface area contributed by atoms with Gasteiger partial charge in [0.25, 0.3) is 0 Å². The maximum atomic E-state index is 9.46.